The molecule has 6 rings (SSSR count). The SMILES string of the molecule is CC/C1=C\CC(/C(C)=C/C(C)C(C)O)OC(=O)C2CCCCN2C(=O)C(=O)C2(O)OC(CCC2C)CC(O)C(C)C(O)CC(O)CC(O)/C(C)=C/C(C)CC(C)C1O.CC/C1=C\CC(/C(C)=C/C(C)C(C)O)OC(=O)C2CCCN2C(=O)C(=O)C2(O)OC(CCC2C)CC(O)C(C)C(O)CC(O)CC(O)/C(C)=C/C(C)CC(C)C1O. The number of piperidine rings is 1. The van der Waals surface area contributed by atoms with Gasteiger partial charge in [0.2, 0.25) is 11.6 Å². The van der Waals surface area contributed by atoms with Gasteiger partial charge in [-0.05, 0) is 208 Å². The van der Waals surface area contributed by atoms with Crippen LogP contribution in [0.4, 0.5) is 0 Å². The molecule has 30 atom stereocenters. The van der Waals surface area contributed by atoms with Gasteiger partial charge < -0.3 is 100 Å². The molecule has 0 aliphatic carbocycles. The summed E-state index contributed by atoms with van der Waals surface area (Å²) < 4.78 is 24.2. The van der Waals surface area contributed by atoms with Gasteiger partial charge in [0.1, 0.15) is 24.3 Å². The van der Waals surface area contributed by atoms with Crippen molar-refractivity contribution in [1.82, 2.24) is 9.80 Å². The van der Waals surface area contributed by atoms with Crippen LogP contribution in [-0.2, 0) is 47.7 Å². The topological polar surface area (TPSA) is 429 Å². The van der Waals surface area contributed by atoms with Crippen LogP contribution in [0.15, 0.2) is 69.9 Å². The van der Waals surface area contributed by atoms with Gasteiger partial charge in [0.05, 0.1) is 85.5 Å². The number of amides is 2. The predicted molar refractivity (Wildman–Crippen MR) is 435 cm³/mol. The minimum atomic E-state index is -2.52. The van der Waals surface area contributed by atoms with Gasteiger partial charge in [-0.2, -0.15) is 0 Å². The van der Waals surface area contributed by atoms with Gasteiger partial charge in [-0.15, -0.1) is 0 Å². The first-order valence-corrected chi connectivity index (χ1v) is 42.9. The molecule has 14 N–H and O–H groups in total. The number of carbonyl (C=O) groups is 6. The third-order valence-corrected chi connectivity index (χ3v) is 25.8. The summed E-state index contributed by atoms with van der Waals surface area (Å²) in [5, 5.41) is 155. The maximum absolute atomic E-state index is 14.1. The van der Waals surface area contributed by atoms with Crippen molar-refractivity contribution in [3.05, 3.63) is 69.9 Å². The number of aliphatic hydroxyl groups excluding tert-OH is 12. The largest absolute Gasteiger partial charge is 0.456 e. The second-order valence-corrected chi connectivity index (χ2v) is 35.6. The first-order chi connectivity index (χ1) is 53.7. The Labute approximate surface area is 684 Å². The minimum absolute atomic E-state index is 0.0316. The molecule has 4 fully saturated rings. The maximum atomic E-state index is 14.1. The fraction of sp³-hybridized carbons (Fsp3) is 0.798. The second-order valence-electron chi connectivity index (χ2n) is 35.6. The minimum Gasteiger partial charge on any atom is -0.456 e. The number of carbonyl (C=O) groups excluding carboxylic acids is 6. The van der Waals surface area contributed by atoms with Crippen LogP contribution in [-0.4, -0.2) is 251 Å². The van der Waals surface area contributed by atoms with E-state index in [0.717, 1.165) is 16.0 Å². The molecule has 30 unspecified atom stereocenters. The average molecular weight is 1630 g/mol. The lowest BCUT2D eigenvalue weighted by Crippen LogP contribution is -2.61. The summed E-state index contributed by atoms with van der Waals surface area (Å²) in [6, 6.07) is -2.20. The summed E-state index contributed by atoms with van der Waals surface area (Å²) in [5.41, 5.74) is 4.16. The first-order valence-electron chi connectivity index (χ1n) is 42.9. The summed E-state index contributed by atoms with van der Waals surface area (Å²) in [6.07, 6.45) is 1.91. The van der Waals surface area contributed by atoms with Gasteiger partial charge in [0.25, 0.3) is 23.4 Å². The molecule has 115 heavy (non-hydrogen) atoms. The molecule has 0 saturated carbocycles. The Bertz CT molecular complexity index is 3330. The summed E-state index contributed by atoms with van der Waals surface area (Å²) >= 11 is 0. The first kappa shape index (κ1) is 101. The Balaban J connectivity index is 0.000000411. The van der Waals surface area contributed by atoms with E-state index in [-0.39, 0.29) is 113 Å². The van der Waals surface area contributed by atoms with E-state index in [1.165, 1.54) is 4.90 Å². The van der Waals surface area contributed by atoms with Crippen molar-refractivity contribution in [2.45, 2.75) is 381 Å². The number of ether oxygens (including phenoxy) is 4. The highest BCUT2D eigenvalue weighted by atomic mass is 16.6. The maximum Gasteiger partial charge on any atom is 0.329 e. The molecule has 0 aromatic heterocycles. The number of aliphatic hydroxyl groups is 14. The standard InChI is InChI=1S/C45H75NO12.C44H73NO12/c1-10-33-15-17-40(28(5)21-26(3)32(9)47)57-44(55)36-13-11-12-18-46(36)43(54)42(53)45(56)30(7)14-16-35(58-45)24-39(51)31(8)38(50)23-34(48)22-37(49)27(4)19-25(2)20-29(6)41(33)52;1-10-32-14-16-39(27(5)20-25(3)31(9)46)56-43(54)35-12-11-17-45(35)42(53)41(52)44(55)29(7)13-15-34(57-44)23-38(50)30(8)37(49)22-33(47)21-36(48)26(4)18-24(2)19-28(6)40(32)51/h15,19,21,25-26,29-32,34-41,47-52,56H,10-14,16-18,20,22-24H2,1-9H3;14,18,20,24-25,28-31,33-40,46-51,55H,10-13,15-17,19,21-23H2,1-9H3/b27-19+,28-21+,33-15+;26-18+,27-20+,32-14+. The summed E-state index contributed by atoms with van der Waals surface area (Å²) in [5.74, 6) is -15.0. The lowest BCUT2D eigenvalue weighted by atomic mass is 9.83. The normalized spacial score (nSPS) is 41.0. The van der Waals surface area contributed by atoms with E-state index < -0.39 is 180 Å². The Morgan fingerprint density at radius 2 is 0.817 bits per heavy atom. The van der Waals surface area contributed by atoms with Crippen LogP contribution in [0.3, 0.4) is 0 Å². The summed E-state index contributed by atoms with van der Waals surface area (Å²) in [6.45, 7) is 32.5. The van der Waals surface area contributed by atoms with E-state index in [0.29, 0.717) is 92.9 Å². The number of hydrogen-bond acceptors (Lipinski definition) is 24. The average Bonchev–Trinajstić information content (AvgIpc) is 1.76. The molecule has 4 bridgehead atoms. The fourth-order valence-corrected chi connectivity index (χ4v) is 17.1. The summed E-state index contributed by atoms with van der Waals surface area (Å²) in [4.78, 5) is 86.1. The van der Waals surface area contributed by atoms with E-state index in [2.05, 4.69) is 0 Å². The second kappa shape index (κ2) is 46.2. The number of hydrogen-bond donors (Lipinski definition) is 14. The van der Waals surface area contributed by atoms with Crippen LogP contribution in [0.5, 0.6) is 0 Å². The monoisotopic (exact) mass is 1630 g/mol. The Morgan fingerprint density at radius 1 is 0.478 bits per heavy atom. The number of cyclic esters (lactones) is 2. The molecular formula is C89H148N2O24. The Morgan fingerprint density at radius 3 is 1.17 bits per heavy atom. The van der Waals surface area contributed by atoms with Crippen molar-refractivity contribution < 1.29 is 119 Å². The number of Topliss-reactive ketones (excluding diaryl/α,β-unsaturated/α-hetero) is 2. The molecule has 4 saturated heterocycles. The van der Waals surface area contributed by atoms with Crippen molar-refractivity contribution in [1.29, 1.82) is 0 Å². The number of nitrogens with zero attached hydrogens (tertiary/aromatic N) is 2. The lowest BCUT2D eigenvalue weighted by molar-refractivity contribution is -0.267. The molecule has 658 valence electrons. The highest BCUT2D eigenvalue weighted by Gasteiger charge is 2.55. The van der Waals surface area contributed by atoms with Crippen LogP contribution < -0.4 is 0 Å². The number of fused-ring (bicyclic) bond motifs is 6. The highest BCUT2D eigenvalue weighted by Crippen LogP contribution is 2.40. The molecule has 0 aromatic carbocycles. The highest BCUT2D eigenvalue weighted by molar-refractivity contribution is 6.39. The molecule has 0 aromatic rings. The van der Waals surface area contributed by atoms with E-state index in [1.54, 1.807) is 69.2 Å². The van der Waals surface area contributed by atoms with Crippen molar-refractivity contribution >= 4 is 35.3 Å². The van der Waals surface area contributed by atoms with E-state index in [9.17, 15) is 100 Å². The van der Waals surface area contributed by atoms with Gasteiger partial charge in [-0.1, -0.05) is 120 Å². The van der Waals surface area contributed by atoms with Crippen molar-refractivity contribution in [3.8, 4) is 0 Å². The number of esters is 2. The number of rotatable bonds is 8. The Kier molecular flexibility index (Phi) is 40.4. The predicted octanol–water partition coefficient (Wildman–Crippen LogP) is 8.16. The molecular weight excluding hydrogens is 1480 g/mol. The van der Waals surface area contributed by atoms with E-state index in [4.69, 9.17) is 18.9 Å². The summed E-state index contributed by atoms with van der Waals surface area (Å²) in [7, 11) is 0. The van der Waals surface area contributed by atoms with Gasteiger partial charge in [-0.3, -0.25) is 19.2 Å². The Hall–Kier alpha value is -4.98. The quantitative estimate of drug-likeness (QED) is 0.0619. The fourth-order valence-electron chi connectivity index (χ4n) is 17.1. The van der Waals surface area contributed by atoms with Crippen molar-refractivity contribution in [2.24, 2.45) is 59.2 Å². The van der Waals surface area contributed by atoms with Crippen molar-refractivity contribution in [2.75, 3.05) is 13.1 Å². The molecule has 6 heterocycles. The molecule has 2 amide bonds. The van der Waals surface area contributed by atoms with Gasteiger partial charge >= 0.3 is 11.9 Å². The van der Waals surface area contributed by atoms with Crippen molar-refractivity contribution in [3.63, 3.8) is 0 Å². The molecule has 0 radical (unpaired) electrons. The van der Waals surface area contributed by atoms with E-state index >= 15 is 0 Å². The number of ketones is 2. The van der Waals surface area contributed by atoms with E-state index in [1.807, 2.05) is 91.8 Å². The lowest BCUT2D eigenvalue weighted by Gasteiger charge is -2.43. The van der Waals surface area contributed by atoms with Crippen LogP contribution >= 0.6 is 0 Å². The number of allylic oxidation sites excluding steroid dienone is 2. The van der Waals surface area contributed by atoms with Gasteiger partial charge in [0.15, 0.2) is 0 Å². The van der Waals surface area contributed by atoms with Crippen LogP contribution in [0.25, 0.3) is 0 Å². The van der Waals surface area contributed by atoms with Crippen LogP contribution in [0.2, 0.25) is 0 Å². The smallest absolute Gasteiger partial charge is 0.329 e. The van der Waals surface area contributed by atoms with Crippen LogP contribution in [0.1, 0.15) is 259 Å². The van der Waals surface area contributed by atoms with Gasteiger partial charge in [-0.25, -0.2) is 9.59 Å². The molecule has 6 aliphatic heterocycles. The third-order valence-electron chi connectivity index (χ3n) is 25.8. The molecule has 0 spiro atoms. The molecule has 6 aliphatic rings. The zero-order chi connectivity index (χ0) is 86.6. The van der Waals surface area contributed by atoms with Gasteiger partial charge in [0, 0.05) is 74.3 Å². The molecule has 26 nitrogen and oxygen atoms in total. The third kappa shape index (κ3) is 28.3. The zero-order valence-electron chi connectivity index (χ0n) is 72.1. The molecule has 26 heteroatoms. The van der Waals surface area contributed by atoms with Crippen LogP contribution in [0, 0.1) is 59.2 Å². The zero-order valence-corrected chi connectivity index (χ0v) is 72.1.